The van der Waals surface area contributed by atoms with E-state index in [1.807, 2.05) is 12.1 Å². The molecular weight excluding hydrogens is 411 g/mol. The van der Waals surface area contributed by atoms with Crippen LogP contribution in [0.15, 0.2) is 47.3 Å². The number of nitrogens with zero attached hydrogens (tertiary/aromatic N) is 2. The first kappa shape index (κ1) is 19.5. The zero-order valence-electron chi connectivity index (χ0n) is 15.6. The lowest BCUT2D eigenvalue weighted by Crippen LogP contribution is -2.27. The normalized spacial score (nSPS) is 11.3. The molecule has 1 amide bonds. The predicted molar refractivity (Wildman–Crippen MR) is 116 cm³/mol. The highest BCUT2D eigenvalue weighted by Crippen LogP contribution is 2.25. The number of aromatic nitrogens is 3. The van der Waals surface area contributed by atoms with E-state index in [4.69, 9.17) is 23.2 Å². The molecule has 0 aliphatic carbocycles. The Kier molecular flexibility index (Phi) is 5.30. The van der Waals surface area contributed by atoms with Crippen LogP contribution in [0.2, 0.25) is 10.0 Å². The Bertz CT molecular complexity index is 1280. The van der Waals surface area contributed by atoms with Crippen LogP contribution in [-0.4, -0.2) is 27.2 Å². The third-order valence-corrected chi connectivity index (χ3v) is 5.36. The fourth-order valence-electron chi connectivity index (χ4n) is 3.44. The van der Waals surface area contributed by atoms with Crippen LogP contribution in [0.1, 0.15) is 22.5 Å². The molecule has 2 aromatic heterocycles. The molecule has 0 fully saturated rings. The maximum Gasteiger partial charge on any atom is 0.262 e. The summed E-state index contributed by atoms with van der Waals surface area (Å²) in [4.78, 5) is 25.3. The highest BCUT2D eigenvalue weighted by atomic mass is 35.5. The van der Waals surface area contributed by atoms with Gasteiger partial charge in [0.1, 0.15) is 0 Å². The van der Waals surface area contributed by atoms with Crippen LogP contribution in [-0.2, 0) is 6.54 Å². The molecule has 0 saturated heterocycles. The van der Waals surface area contributed by atoms with Gasteiger partial charge >= 0.3 is 0 Å². The molecule has 148 valence electrons. The van der Waals surface area contributed by atoms with Gasteiger partial charge < -0.3 is 9.88 Å². The smallest absolute Gasteiger partial charge is 0.262 e. The lowest BCUT2D eigenvalue weighted by molar-refractivity contribution is 0.0953. The van der Waals surface area contributed by atoms with Crippen molar-refractivity contribution in [1.82, 2.24) is 20.1 Å². The Hall–Kier alpha value is -2.83. The summed E-state index contributed by atoms with van der Waals surface area (Å²) in [6.45, 7) is 2.69. The monoisotopic (exact) mass is 428 g/mol. The zero-order valence-corrected chi connectivity index (χ0v) is 17.1. The molecule has 8 heteroatoms. The third kappa shape index (κ3) is 3.73. The van der Waals surface area contributed by atoms with E-state index in [9.17, 15) is 9.59 Å². The largest absolute Gasteiger partial charge is 0.352 e. The molecule has 0 radical (unpaired) electrons. The van der Waals surface area contributed by atoms with E-state index in [0.717, 1.165) is 10.9 Å². The molecule has 2 heterocycles. The van der Waals surface area contributed by atoms with Crippen LogP contribution in [0.25, 0.3) is 21.8 Å². The second kappa shape index (κ2) is 7.89. The summed E-state index contributed by atoms with van der Waals surface area (Å²) >= 11 is 12.0. The van der Waals surface area contributed by atoms with Crippen molar-refractivity contribution in [3.63, 3.8) is 0 Å². The number of fused-ring (bicyclic) bond motifs is 3. The number of aryl methyl sites for hydroxylation is 2. The first-order valence-electron chi connectivity index (χ1n) is 9.16. The number of halogens is 2. The molecule has 29 heavy (non-hydrogen) atoms. The molecule has 0 atom stereocenters. The molecule has 0 saturated carbocycles. The number of carbonyl (C=O) groups is 1. The second-order valence-corrected chi connectivity index (χ2v) is 7.67. The maximum absolute atomic E-state index is 13.1. The molecule has 2 aromatic carbocycles. The van der Waals surface area contributed by atoms with E-state index in [0.29, 0.717) is 51.7 Å². The Balaban J connectivity index is 1.56. The zero-order chi connectivity index (χ0) is 20.5. The van der Waals surface area contributed by atoms with E-state index in [2.05, 4.69) is 15.5 Å². The van der Waals surface area contributed by atoms with Gasteiger partial charge in [-0.05, 0) is 55.8 Å². The molecule has 6 nitrogen and oxygen atoms in total. The number of carbonyl (C=O) groups excluding carboxylic acids is 1. The van der Waals surface area contributed by atoms with Crippen molar-refractivity contribution in [2.75, 3.05) is 6.54 Å². The van der Waals surface area contributed by atoms with Crippen LogP contribution in [0, 0.1) is 6.92 Å². The minimum atomic E-state index is -0.174. The van der Waals surface area contributed by atoms with Gasteiger partial charge in [0.15, 0.2) is 0 Å². The van der Waals surface area contributed by atoms with E-state index >= 15 is 0 Å². The average Bonchev–Trinajstić information content (AvgIpc) is 3.10. The number of amides is 1. The predicted octanol–water partition coefficient (Wildman–Crippen LogP) is 4.31. The van der Waals surface area contributed by atoms with Crippen molar-refractivity contribution in [2.45, 2.75) is 19.9 Å². The summed E-state index contributed by atoms with van der Waals surface area (Å²) < 4.78 is 1.71. The van der Waals surface area contributed by atoms with Crippen LogP contribution < -0.4 is 10.9 Å². The van der Waals surface area contributed by atoms with Crippen molar-refractivity contribution in [3.05, 3.63) is 74.1 Å². The highest BCUT2D eigenvalue weighted by Gasteiger charge is 2.15. The summed E-state index contributed by atoms with van der Waals surface area (Å²) in [7, 11) is 0. The summed E-state index contributed by atoms with van der Waals surface area (Å²) in [5.41, 5.74) is 2.56. The fraction of sp³-hybridized carbons (Fsp3) is 0.190. The molecule has 2 N–H and O–H groups in total. The van der Waals surface area contributed by atoms with Gasteiger partial charge in [0.05, 0.1) is 22.1 Å². The minimum Gasteiger partial charge on any atom is -0.352 e. The van der Waals surface area contributed by atoms with Crippen LogP contribution in [0.5, 0.6) is 0 Å². The Morgan fingerprint density at radius 3 is 2.62 bits per heavy atom. The molecule has 4 aromatic rings. The minimum absolute atomic E-state index is 0.106. The van der Waals surface area contributed by atoms with E-state index in [1.54, 1.807) is 41.8 Å². The van der Waals surface area contributed by atoms with Gasteiger partial charge in [0.25, 0.3) is 11.5 Å². The van der Waals surface area contributed by atoms with Crippen molar-refractivity contribution in [1.29, 1.82) is 0 Å². The van der Waals surface area contributed by atoms with E-state index in [-0.39, 0.29) is 11.5 Å². The highest BCUT2D eigenvalue weighted by molar-refractivity contribution is 6.31. The average molecular weight is 429 g/mol. The lowest BCUT2D eigenvalue weighted by Gasteiger charge is -2.12. The van der Waals surface area contributed by atoms with Gasteiger partial charge in [-0.1, -0.05) is 23.2 Å². The maximum atomic E-state index is 13.1. The molecule has 4 rings (SSSR count). The Labute approximate surface area is 176 Å². The molecule has 0 aliphatic heterocycles. The molecular formula is C21H18Cl2N4O2. The van der Waals surface area contributed by atoms with E-state index in [1.165, 1.54) is 0 Å². The number of rotatable bonds is 5. The SMILES string of the molecule is Cc1n[nH]c2c1c(=O)n(CCCNC(=O)c1ccc(Cl)cc1)c1ccc(Cl)cc21. The topological polar surface area (TPSA) is 79.8 Å². The number of pyridine rings is 1. The van der Waals surface area contributed by atoms with Crippen molar-refractivity contribution < 1.29 is 4.79 Å². The Morgan fingerprint density at radius 2 is 1.86 bits per heavy atom. The van der Waals surface area contributed by atoms with Crippen molar-refractivity contribution >= 4 is 50.9 Å². The standard InChI is InChI=1S/C21H18Cl2N4O2/c1-12-18-19(26-25-12)16-11-15(23)7-8-17(16)27(21(18)29)10-2-9-24-20(28)13-3-5-14(22)6-4-13/h3-8,11H,2,9-10H2,1H3,(H,24,28)(H,25,26). The molecule has 0 spiro atoms. The fourth-order valence-corrected chi connectivity index (χ4v) is 3.74. The first-order chi connectivity index (χ1) is 14.0. The quantitative estimate of drug-likeness (QED) is 0.464. The number of nitrogens with one attached hydrogen (secondary N) is 2. The number of aromatic amines is 1. The Morgan fingerprint density at radius 1 is 1.14 bits per heavy atom. The van der Waals surface area contributed by atoms with E-state index < -0.39 is 0 Å². The van der Waals surface area contributed by atoms with Crippen LogP contribution in [0.3, 0.4) is 0 Å². The van der Waals surface area contributed by atoms with Gasteiger partial charge in [0, 0.05) is 34.1 Å². The lowest BCUT2D eigenvalue weighted by atomic mass is 10.1. The number of benzene rings is 2. The van der Waals surface area contributed by atoms with Crippen molar-refractivity contribution in [3.8, 4) is 0 Å². The van der Waals surface area contributed by atoms with Crippen LogP contribution in [0.4, 0.5) is 0 Å². The number of hydrogen-bond donors (Lipinski definition) is 2. The number of H-pyrrole nitrogens is 1. The van der Waals surface area contributed by atoms with Gasteiger partial charge in [0.2, 0.25) is 0 Å². The third-order valence-electron chi connectivity index (χ3n) is 4.88. The van der Waals surface area contributed by atoms with Gasteiger partial charge in [-0.2, -0.15) is 5.10 Å². The summed E-state index contributed by atoms with van der Waals surface area (Å²) in [5, 5.41) is 12.6. The second-order valence-electron chi connectivity index (χ2n) is 6.79. The molecule has 0 bridgehead atoms. The summed E-state index contributed by atoms with van der Waals surface area (Å²) in [6, 6.07) is 12.1. The van der Waals surface area contributed by atoms with Gasteiger partial charge in [-0.15, -0.1) is 0 Å². The van der Waals surface area contributed by atoms with Gasteiger partial charge in [-0.25, -0.2) is 0 Å². The first-order valence-corrected chi connectivity index (χ1v) is 9.92. The number of hydrogen-bond acceptors (Lipinski definition) is 3. The molecule has 0 aliphatic rings. The summed E-state index contributed by atoms with van der Waals surface area (Å²) in [6.07, 6.45) is 0.597. The van der Waals surface area contributed by atoms with Gasteiger partial charge in [-0.3, -0.25) is 14.7 Å². The summed E-state index contributed by atoms with van der Waals surface area (Å²) in [5.74, 6) is -0.174. The van der Waals surface area contributed by atoms with Crippen molar-refractivity contribution in [2.24, 2.45) is 0 Å². The molecule has 0 unspecified atom stereocenters. The van der Waals surface area contributed by atoms with Crippen LogP contribution >= 0.6 is 23.2 Å².